The zero-order valence-corrected chi connectivity index (χ0v) is 24.5. The summed E-state index contributed by atoms with van der Waals surface area (Å²) < 4.78 is 81.4. The zero-order chi connectivity index (χ0) is 31.3. The molecule has 0 N–H and O–H groups in total. The molecular weight excluding hydrogens is 584 g/mol. The van der Waals surface area contributed by atoms with E-state index in [4.69, 9.17) is 0 Å². The highest BCUT2D eigenvalue weighted by molar-refractivity contribution is 5.95. The fraction of sp³-hybridized carbons (Fsp3) is 0.576. The monoisotopic (exact) mass is 621 g/mol. The minimum absolute atomic E-state index is 0.0556. The van der Waals surface area contributed by atoms with Crippen molar-refractivity contribution in [2.24, 2.45) is 11.3 Å². The van der Waals surface area contributed by atoms with Gasteiger partial charge in [0.15, 0.2) is 0 Å². The van der Waals surface area contributed by atoms with Gasteiger partial charge in [-0.2, -0.15) is 26.3 Å². The van der Waals surface area contributed by atoms with Gasteiger partial charge in [0.05, 0.1) is 11.1 Å². The van der Waals surface area contributed by atoms with Crippen LogP contribution in [0.5, 0.6) is 0 Å². The predicted octanol–water partition coefficient (Wildman–Crippen LogP) is 6.66. The van der Waals surface area contributed by atoms with E-state index in [9.17, 15) is 35.9 Å². The number of hydrogen-bond donors (Lipinski definition) is 0. The second-order valence-corrected chi connectivity index (χ2v) is 13.1. The lowest BCUT2D eigenvalue weighted by atomic mass is 9.77. The molecule has 11 heteroatoms. The highest BCUT2D eigenvalue weighted by Crippen LogP contribution is 2.44. The fourth-order valence-corrected chi connectivity index (χ4v) is 7.43. The van der Waals surface area contributed by atoms with Gasteiger partial charge < -0.3 is 9.80 Å². The van der Waals surface area contributed by atoms with Gasteiger partial charge in [-0.15, -0.1) is 0 Å². The summed E-state index contributed by atoms with van der Waals surface area (Å²) in [7, 11) is 0. The summed E-state index contributed by atoms with van der Waals surface area (Å²) in [5, 5.41) is 0. The van der Waals surface area contributed by atoms with Crippen molar-refractivity contribution in [3.05, 3.63) is 70.8 Å². The number of rotatable bonds is 5. The maximum atomic E-state index is 13.7. The Morgan fingerprint density at radius 1 is 0.795 bits per heavy atom. The van der Waals surface area contributed by atoms with Crippen LogP contribution in [0.15, 0.2) is 48.5 Å². The van der Waals surface area contributed by atoms with Gasteiger partial charge in [-0.3, -0.25) is 14.5 Å². The van der Waals surface area contributed by atoms with Crippen molar-refractivity contribution in [2.75, 3.05) is 32.7 Å². The third-order valence-electron chi connectivity index (χ3n) is 10.1. The molecule has 3 heterocycles. The number of carbonyl (C=O) groups is 2. The highest BCUT2D eigenvalue weighted by Gasteiger charge is 2.46. The summed E-state index contributed by atoms with van der Waals surface area (Å²) in [4.78, 5) is 32.2. The molecule has 4 aliphatic rings. The molecule has 0 bridgehead atoms. The quantitative estimate of drug-likeness (QED) is 0.351. The van der Waals surface area contributed by atoms with Crippen molar-refractivity contribution in [3.8, 4) is 0 Å². The Kier molecular flexibility index (Phi) is 8.22. The Hall–Kier alpha value is -3.08. The van der Waals surface area contributed by atoms with Crippen molar-refractivity contribution >= 4 is 11.8 Å². The lowest BCUT2D eigenvalue weighted by Gasteiger charge is -2.44. The van der Waals surface area contributed by atoms with Crippen molar-refractivity contribution < 1.29 is 35.9 Å². The SMILES string of the molecule is O=C(C1CC1)N1CCC2(CC1)CCN(C1CCN(C(=O)c3cc(C(F)(F)F)cc(C(F)(F)F)c3)C(Cc3ccccc3)C1)C2. The Bertz CT molecular complexity index is 1330. The van der Waals surface area contributed by atoms with E-state index in [2.05, 4.69) is 4.90 Å². The number of amides is 2. The molecule has 2 unspecified atom stereocenters. The lowest BCUT2D eigenvalue weighted by Crippen LogP contribution is -2.53. The molecule has 2 aromatic rings. The number of halogens is 6. The van der Waals surface area contributed by atoms with E-state index < -0.39 is 35.0 Å². The van der Waals surface area contributed by atoms with Crippen molar-refractivity contribution in [3.63, 3.8) is 0 Å². The summed E-state index contributed by atoms with van der Waals surface area (Å²) >= 11 is 0. The largest absolute Gasteiger partial charge is 0.416 e. The number of benzene rings is 2. The van der Waals surface area contributed by atoms with E-state index >= 15 is 0 Å². The van der Waals surface area contributed by atoms with Gasteiger partial charge >= 0.3 is 12.4 Å². The van der Waals surface area contributed by atoms with Crippen LogP contribution >= 0.6 is 0 Å². The Labute approximate surface area is 253 Å². The number of likely N-dealkylation sites (tertiary alicyclic amines) is 3. The topological polar surface area (TPSA) is 43.9 Å². The van der Waals surface area contributed by atoms with Crippen LogP contribution < -0.4 is 0 Å². The number of alkyl halides is 6. The Morgan fingerprint density at radius 3 is 2.00 bits per heavy atom. The molecule has 2 amide bonds. The molecular formula is C33H37F6N3O2. The first kappa shape index (κ1) is 30.9. The van der Waals surface area contributed by atoms with Crippen molar-refractivity contribution in [1.29, 1.82) is 0 Å². The smallest absolute Gasteiger partial charge is 0.342 e. The normalized spacial score (nSPS) is 24.6. The van der Waals surface area contributed by atoms with E-state index in [1.54, 1.807) is 0 Å². The van der Waals surface area contributed by atoms with Crippen LogP contribution in [0, 0.1) is 11.3 Å². The number of piperidine rings is 2. The molecule has 1 spiro atoms. The van der Waals surface area contributed by atoms with Crippen molar-refractivity contribution in [2.45, 2.75) is 75.8 Å². The standard InChI is InChI=1S/C33H37F6N3O2/c34-32(35,36)25-17-24(18-26(19-25)33(37,38)39)30(44)42-12-8-27(20-28(42)16-22-4-2-1-3-5-22)41-15-11-31(21-41)9-13-40(14-10-31)29(43)23-6-7-23/h1-5,17-19,23,27-28H,6-16,20-21H2. The number of hydrogen-bond acceptors (Lipinski definition) is 3. The van der Waals surface area contributed by atoms with E-state index in [0.717, 1.165) is 63.8 Å². The first-order valence-corrected chi connectivity index (χ1v) is 15.5. The van der Waals surface area contributed by atoms with Gasteiger partial charge in [-0.1, -0.05) is 30.3 Å². The summed E-state index contributed by atoms with van der Waals surface area (Å²) in [6, 6.07) is 10.3. The van der Waals surface area contributed by atoms with Gasteiger partial charge in [0, 0.05) is 49.7 Å². The molecule has 1 saturated carbocycles. The maximum absolute atomic E-state index is 13.7. The van der Waals surface area contributed by atoms with E-state index in [1.807, 2.05) is 35.2 Å². The molecule has 5 nitrogen and oxygen atoms in total. The van der Waals surface area contributed by atoms with Gasteiger partial charge in [0.1, 0.15) is 0 Å². The second kappa shape index (κ2) is 11.7. The number of carbonyl (C=O) groups excluding carboxylic acids is 2. The van der Waals surface area contributed by atoms with E-state index in [1.165, 1.54) is 4.90 Å². The van der Waals surface area contributed by atoms with Crippen LogP contribution in [0.25, 0.3) is 0 Å². The average molecular weight is 622 g/mol. The van der Waals surface area contributed by atoms with Gasteiger partial charge in [0.25, 0.3) is 5.91 Å². The molecule has 1 aliphatic carbocycles. The Morgan fingerprint density at radius 2 is 1.41 bits per heavy atom. The zero-order valence-electron chi connectivity index (χ0n) is 24.5. The molecule has 4 fully saturated rings. The third-order valence-corrected chi connectivity index (χ3v) is 10.1. The van der Waals surface area contributed by atoms with Crippen LogP contribution in [0.4, 0.5) is 26.3 Å². The highest BCUT2D eigenvalue weighted by atomic mass is 19.4. The van der Waals surface area contributed by atoms with Crippen LogP contribution in [-0.2, 0) is 23.6 Å². The van der Waals surface area contributed by atoms with Gasteiger partial charge in [-0.25, -0.2) is 0 Å². The third kappa shape index (κ3) is 6.62. The average Bonchev–Trinajstić information content (AvgIpc) is 3.77. The molecule has 2 atom stereocenters. The first-order chi connectivity index (χ1) is 20.8. The first-order valence-electron chi connectivity index (χ1n) is 15.5. The molecule has 0 radical (unpaired) electrons. The second-order valence-electron chi connectivity index (χ2n) is 13.1. The van der Waals surface area contributed by atoms with Crippen LogP contribution in [0.1, 0.15) is 72.0 Å². The molecule has 3 aliphatic heterocycles. The summed E-state index contributed by atoms with van der Waals surface area (Å²) in [5.74, 6) is -0.306. The number of nitrogens with zero attached hydrogens (tertiary/aromatic N) is 3. The van der Waals surface area contributed by atoms with Gasteiger partial charge in [-0.05, 0) is 87.1 Å². The summed E-state index contributed by atoms with van der Waals surface area (Å²) in [6.07, 6.45) is -3.49. The van der Waals surface area contributed by atoms with Crippen LogP contribution in [0.2, 0.25) is 0 Å². The minimum atomic E-state index is -5.03. The van der Waals surface area contributed by atoms with Crippen molar-refractivity contribution in [1.82, 2.24) is 14.7 Å². The van der Waals surface area contributed by atoms with Gasteiger partial charge in [0.2, 0.25) is 5.91 Å². The molecule has 0 aromatic heterocycles. The fourth-order valence-electron chi connectivity index (χ4n) is 7.43. The van der Waals surface area contributed by atoms with E-state index in [-0.39, 0.29) is 36.0 Å². The Balaban J connectivity index is 1.19. The van der Waals surface area contributed by atoms with Crippen LogP contribution in [-0.4, -0.2) is 71.3 Å². The summed E-state index contributed by atoms with van der Waals surface area (Å²) in [5.41, 5.74) is -2.48. The predicted molar refractivity (Wildman–Crippen MR) is 152 cm³/mol. The molecule has 3 saturated heterocycles. The van der Waals surface area contributed by atoms with E-state index in [0.29, 0.717) is 37.3 Å². The minimum Gasteiger partial charge on any atom is -0.342 e. The molecule has 238 valence electrons. The summed E-state index contributed by atoms with van der Waals surface area (Å²) in [6.45, 7) is 3.60. The molecule has 6 rings (SSSR count). The lowest BCUT2D eigenvalue weighted by molar-refractivity contribution is -0.143. The van der Waals surface area contributed by atoms with Crippen LogP contribution in [0.3, 0.4) is 0 Å². The molecule has 2 aromatic carbocycles. The molecule has 44 heavy (non-hydrogen) atoms. The maximum Gasteiger partial charge on any atom is 0.416 e.